The van der Waals surface area contributed by atoms with E-state index in [4.69, 9.17) is 14.6 Å². The quantitative estimate of drug-likeness (QED) is 0.649. The molecule has 2 N–H and O–H groups in total. The van der Waals surface area contributed by atoms with Gasteiger partial charge in [0.1, 0.15) is 6.61 Å². The van der Waals surface area contributed by atoms with Gasteiger partial charge < -0.3 is 19.9 Å². The summed E-state index contributed by atoms with van der Waals surface area (Å²) in [7, 11) is 0. The highest BCUT2D eigenvalue weighted by Crippen LogP contribution is 2.29. The van der Waals surface area contributed by atoms with Gasteiger partial charge >= 0.3 is 5.97 Å². The standard InChI is InChI=1S/C21H26N2O5/c1-4-27-18-12-16(20(26)23-21(2,3)10-9-19(24)25)7-8-17(18)28-14-15-6-5-11-22-13-15/h5-8,11-13H,4,9-10,14H2,1-3H3,(H,23,26)(H,24,25). The third-order valence-electron chi connectivity index (χ3n) is 4.04. The van der Waals surface area contributed by atoms with Crippen LogP contribution in [-0.2, 0) is 11.4 Å². The minimum absolute atomic E-state index is 0.0153. The Balaban J connectivity index is 2.09. The van der Waals surface area contributed by atoms with Crippen molar-refractivity contribution in [1.82, 2.24) is 10.3 Å². The van der Waals surface area contributed by atoms with Crippen LogP contribution in [0.25, 0.3) is 0 Å². The Hall–Kier alpha value is -3.09. The van der Waals surface area contributed by atoms with Gasteiger partial charge in [0.15, 0.2) is 11.5 Å². The third-order valence-corrected chi connectivity index (χ3v) is 4.04. The zero-order valence-electron chi connectivity index (χ0n) is 16.4. The van der Waals surface area contributed by atoms with Gasteiger partial charge in [0.25, 0.3) is 5.91 Å². The highest BCUT2D eigenvalue weighted by Gasteiger charge is 2.23. The summed E-state index contributed by atoms with van der Waals surface area (Å²) < 4.78 is 11.4. The molecular formula is C21H26N2O5. The summed E-state index contributed by atoms with van der Waals surface area (Å²) in [4.78, 5) is 27.4. The fraction of sp³-hybridized carbons (Fsp3) is 0.381. The number of aromatic nitrogens is 1. The van der Waals surface area contributed by atoms with E-state index >= 15 is 0 Å². The molecule has 0 saturated carbocycles. The number of amides is 1. The largest absolute Gasteiger partial charge is 0.490 e. The fourth-order valence-corrected chi connectivity index (χ4v) is 2.54. The number of rotatable bonds is 10. The molecule has 0 saturated heterocycles. The number of nitrogens with zero attached hydrogens (tertiary/aromatic N) is 1. The molecule has 0 unspecified atom stereocenters. The van der Waals surface area contributed by atoms with Crippen molar-refractivity contribution in [3.05, 3.63) is 53.9 Å². The van der Waals surface area contributed by atoms with Gasteiger partial charge in [-0.2, -0.15) is 0 Å². The fourth-order valence-electron chi connectivity index (χ4n) is 2.54. The molecule has 7 heteroatoms. The second kappa shape index (κ2) is 9.73. The average Bonchev–Trinajstić information content (AvgIpc) is 2.66. The van der Waals surface area contributed by atoms with Crippen LogP contribution in [0, 0.1) is 0 Å². The van der Waals surface area contributed by atoms with E-state index in [9.17, 15) is 9.59 Å². The Bertz CT molecular complexity index is 806. The number of carbonyl (C=O) groups is 2. The number of ether oxygens (including phenoxy) is 2. The Morgan fingerprint density at radius 2 is 1.96 bits per heavy atom. The second-order valence-corrected chi connectivity index (χ2v) is 6.98. The van der Waals surface area contributed by atoms with E-state index in [0.717, 1.165) is 5.56 Å². The molecule has 150 valence electrons. The van der Waals surface area contributed by atoms with E-state index in [0.29, 0.717) is 36.7 Å². The average molecular weight is 386 g/mol. The molecule has 0 aliphatic carbocycles. The Labute approximate surface area is 164 Å². The van der Waals surface area contributed by atoms with E-state index in [1.165, 1.54) is 0 Å². The molecule has 0 fully saturated rings. The molecule has 0 spiro atoms. The molecule has 28 heavy (non-hydrogen) atoms. The summed E-state index contributed by atoms with van der Waals surface area (Å²) in [6, 6.07) is 8.73. The van der Waals surface area contributed by atoms with Crippen LogP contribution in [0.15, 0.2) is 42.7 Å². The maximum Gasteiger partial charge on any atom is 0.303 e. The molecule has 2 aromatic rings. The first-order chi connectivity index (χ1) is 13.3. The third kappa shape index (κ3) is 6.57. The molecule has 1 heterocycles. The molecule has 7 nitrogen and oxygen atoms in total. The SMILES string of the molecule is CCOc1cc(C(=O)NC(C)(C)CCC(=O)O)ccc1OCc1cccnc1. The Morgan fingerprint density at radius 1 is 1.18 bits per heavy atom. The lowest BCUT2D eigenvalue weighted by atomic mass is 9.97. The Kier molecular flexibility index (Phi) is 7.37. The van der Waals surface area contributed by atoms with E-state index in [1.807, 2.05) is 19.1 Å². The molecule has 0 atom stereocenters. The van der Waals surface area contributed by atoms with Gasteiger partial charge in [0.05, 0.1) is 6.61 Å². The van der Waals surface area contributed by atoms with Crippen molar-refractivity contribution in [2.75, 3.05) is 6.61 Å². The van der Waals surface area contributed by atoms with E-state index in [1.54, 1.807) is 44.4 Å². The molecule has 1 aromatic carbocycles. The summed E-state index contributed by atoms with van der Waals surface area (Å²) in [6.45, 7) is 6.21. The minimum Gasteiger partial charge on any atom is -0.490 e. The predicted molar refractivity (Wildman–Crippen MR) is 105 cm³/mol. The van der Waals surface area contributed by atoms with Crippen LogP contribution in [0.5, 0.6) is 11.5 Å². The van der Waals surface area contributed by atoms with Crippen LogP contribution in [0.2, 0.25) is 0 Å². The highest BCUT2D eigenvalue weighted by molar-refractivity contribution is 5.95. The van der Waals surface area contributed by atoms with Gasteiger partial charge in [0, 0.05) is 35.5 Å². The summed E-state index contributed by atoms with van der Waals surface area (Å²) in [5, 5.41) is 11.7. The van der Waals surface area contributed by atoms with Gasteiger partial charge in [-0.15, -0.1) is 0 Å². The molecule has 1 aromatic heterocycles. The monoisotopic (exact) mass is 386 g/mol. The van der Waals surface area contributed by atoms with Gasteiger partial charge in [-0.3, -0.25) is 14.6 Å². The number of pyridine rings is 1. The van der Waals surface area contributed by atoms with Crippen molar-refractivity contribution in [2.24, 2.45) is 0 Å². The summed E-state index contributed by atoms with van der Waals surface area (Å²) in [6.07, 6.45) is 3.74. The van der Waals surface area contributed by atoms with Crippen molar-refractivity contribution >= 4 is 11.9 Å². The zero-order chi connectivity index (χ0) is 20.6. The Morgan fingerprint density at radius 3 is 2.61 bits per heavy atom. The zero-order valence-corrected chi connectivity index (χ0v) is 16.4. The number of carboxylic acids is 1. The molecule has 0 aliphatic heterocycles. The van der Waals surface area contributed by atoms with Crippen LogP contribution in [0.3, 0.4) is 0 Å². The molecule has 0 bridgehead atoms. The smallest absolute Gasteiger partial charge is 0.303 e. The number of carbonyl (C=O) groups excluding carboxylic acids is 1. The summed E-state index contributed by atoms with van der Waals surface area (Å²) in [5.74, 6) is -0.180. The number of nitrogens with one attached hydrogen (secondary N) is 1. The first kappa shape index (κ1) is 21.2. The number of hydrogen-bond acceptors (Lipinski definition) is 5. The van der Waals surface area contributed by atoms with E-state index < -0.39 is 11.5 Å². The lowest BCUT2D eigenvalue weighted by molar-refractivity contribution is -0.137. The van der Waals surface area contributed by atoms with Crippen LogP contribution in [0.4, 0.5) is 0 Å². The molecule has 2 rings (SSSR count). The molecular weight excluding hydrogens is 360 g/mol. The first-order valence-electron chi connectivity index (χ1n) is 9.13. The lowest BCUT2D eigenvalue weighted by Crippen LogP contribution is -2.43. The topological polar surface area (TPSA) is 97.8 Å². The van der Waals surface area contributed by atoms with Crippen molar-refractivity contribution < 1.29 is 24.2 Å². The maximum absolute atomic E-state index is 12.6. The van der Waals surface area contributed by atoms with Gasteiger partial charge in [-0.05, 0) is 51.5 Å². The van der Waals surface area contributed by atoms with Crippen LogP contribution in [-0.4, -0.2) is 34.1 Å². The van der Waals surface area contributed by atoms with Gasteiger partial charge in [0.2, 0.25) is 0 Å². The number of hydrogen-bond donors (Lipinski definition) is 2. The van der Waals surface area contributed by atoms with Crippen molar-refractivity contribution in [3.63, 3.8) is 0 Å². The van der Waals surface area contributed by atoms with Crippen molar-refractivity contribution in [2.45, 2.75) is 45.8 Å². The molecule has 1 amide bonds. The summed E-state index contributed by atoms with van der Waals surface area (Å²) >= 11 is 0. The lowest BCUT2D eigenvalue weighted by Gasteiger charge is -2.26. The van der Waals surface area contributed by atoms with Crippen molar-refractivity contribution in [3.8, 4) is 11.5 Å². The van der Waals surface area contributed by atoms with E-state index in [2.05, 4.69) is 10.3 Å². The van der Waals surface area contributed by atoms with Crippen LogP contribution < -0.4 is 14.8 Å². The minimum atomic E-state index is -0.893. The normalized spacial score (nSPS) is 11.0. The summed E-state index contributed by atoms with van der Waals surface area (Å²) in [5.41, 5.74) is 0.698. The van der Waals surface area contributed by atoms with Gasteiger partial charge in [-0.1, -0.05) is 6.07 Å². The van der Waals surface area contributed by atoms with Crippen molar-refractivity contribution in [1.29, 1.82) is 0 Å². The predicted octanol–water partition coefficient (Wildman–Crippen LogP) is 3.43. The van der Waals surface area contributed by atoms with Crippen LogP contribution in [0.1, 0.15) is 49.5 Å². The maximum atomic E-state index is 12.6. The highest BCUT2D eigenvalue weighted by atomic mass is 16.5. The number of benzene rings is 1. The van der Waals surface area contributed by atoms with E-state index in [-0.39, 0.29) is 12.3 Å². The van der Waals surface area contributed by atoms with Gasteiger partial charge in [-0.25, -0.2) is 0 Å². The number of aliphatic carboxylic acids is 1. The molecule has 0 radical (unpaired) electrons. The second-order valence-electron chi connectivity index (χ2n) is 6.98. The first-order valence-corrected chi connectivity index (χ1v) is 9.13. The number of carboxylic acid groups (broad SMARTS) is 1. The molecule has 0 aliphatic rings. The van der Waals surface area contributed by atoms with Crippen LogP contribution >= 0.6 is 0 Å².